The van der Waals surface area contributed by atoms with E-state index in [9.17, 15) is 5.11 Å². The van der Waals surface area contributed by atoms with E-state index in [0.29, 0.717) is 0 Å². The monoisotopic (exact) mass is 157 g/mol. The summed E-state index contributed by atoms with van der Waals surface area (Å²) in [7, 11) is 0. The van der Waals surface area contributed by atoms with E-state index in [2.05, 4.69) is 0 Å². The van der Waals surface area contributed by atoms with Crippen LogP contribution in [0.4, 0.5) is 0 Å². The SMILES string of the molecule is CC(O)CC1(N)CCCCC1. The van der Waals surface area contributed by atoms with Crippen molar-refractivity contribution in [3.8, 4) is 0 Å². The number of aliphatic hydroxyl groups is 1. The fraction of sp³-hybridized carbons (Fsp3) is 1.00. The molecule has 0 spiro atoms. The van der Waals surface area contributed by atoms with Gasteiger partial charge >= 0.3 is 0 Å². The summed E-state index contributed by atoms with van der Waals surface area (Å²) >= 11 is 0. The molecular weight excluding hydrogens is 138 g/mol. The average Bonchev–Trinajstić information content (AvgIpc) is 1.85. The highest BCUT2D eigenvalue weighted by atomic mass is 16.3. The first kappa shape index (κ1) is 9.01. The molecule has 11 heavy (non-hydrogen) atoms. The average molecular weight is 157 g/mol. The first-order valence-corrected chi connectivity index (χ1v) is 4.59. The van der Waals surface area contributed by atoms with Gasteiger partial charge in [-0.15, -0.1) is 0 Å². The zero-order chi connectivity index (χ0) is 8.32. The van der Waals surface area contributed by atoms with Crippen molar-refractivity contribution in [3.05, 3.63) is 0 Å². The van der Waals surface area contributed by atoms with E-state index < -0.39 is 0 Å². The number of hydrogen-bond donors (Lipinski definition) is 2. The Morgan fingerprint density at radius 2 is 1.91 bits per heavy atom. The second-order valence-electron chi connectivity index (χ2n) is 3.98. The number of hydrogen-bond acceptors (Lipinski definition) is 2. The molecule has 1 unspecified atom stereocenters. The zero-order valence-corrected chi connectivity index (χ0v) is 7.34. The topological polar surface area (TPSA) is 46.2 Å². The quantitative estimate of drug-likeness (QED) is 0.636. The van der Waals surface area contributed by atoms with Crippen LogP contribution >= 0.6 is 0 Å². The van der Waals surface area contributed by atoms with Crippen molar-refractivity contribution in [1.82, 2.24) is 0 Å². The van der Waals surface area contributed by atoms with Crippen molar-refractivity contribution in [2.75, 3.05) is 0 Å². The molecule has 0 aromatic rings. The van der Waals surface area contributed by atoms with Gasteiger partial charge in [-0.1, -0.05) is 19.3 Å². The van der Waals surface area contributed by atoms with Crippen molar-refractivity contribution >= 4 is 0 Å². The molecule has 3 N–H and O–H groups in total. The Balaban J connectivity index is 2.37. The van der Waals surface area contributed by atoms with Gasteiger partial charge in [-0.2, -0.15) is 0 Å². The molecule has 0 aliphatic heterocycles. The van der Waals surface area contributed by atoms with Gasteiger partial charge in [0.25, 0.3) is 0 Å². The van der Waals surface area contributed by atoms with E-state index in [1.807, 2.05) is 6.92 Å². The standard InChI is InChI=1S/C9H19NO/c1-8(11)7-9(10)5-3-2-4-6-9/h8,11H,2-7,10H2,1H3. The van der Waals surface area contributed by atoms with Gasteiger partial charge in [0.1, 0.15) is 0 Å². The molecule has 66 valence electrons. The van der Waals surface area contributed by atoms with Gasteiger partial charge in [-0.3, -0.25) is 0 Å². The van der Waals surface area contributed by atoms with Crippen LogP contribution in [0, 0.1) is 0 Å². The van der Waals surface area contributed by atoms with Gasteiger partial charge in [0.05, 0.1) is 6.10 Å². The zero-order valence-electron chi connectivity index (χ0n) is 7.34. The van der Waals surface area contributed by atoms with Crippen LogP contribution in [0.2, 0.25) is 0 Å². The normalized spacial score (nSPS) is 26.5. The van der Waals surface area contributed by atoms with E-state index in [4.69, 9.17) is 5.73 Å². The van der Waals surface area contributed by atoms with E-state index in [1.54, 1.807) is 0 Å². The third-order valence-electron chi connectivity index (χ3n) is 2.55. The number of aliphatic hydroxyl groups excluding tert-OH is 1. The highest BCUT2D eigenvalue weighted by Gasteiger charge is 2.28. The number of nitrogens with two attached hydrogens (primary N) is 1. The smallest absolute Gasteiger partial charge is 0.0529 e. The van der Waals surface area contributed by atoms with E-state index in [0.717, 1.165) is 19.3 Å². The van der Waals surface area contributed by atoms with Crippen LogP contribution in [0.25, 0.3) is 0 Å². The lowest BCUT2D eigenvalue weighted by Crippen LogP contribution is -2.44. The minimum absolute atomic E-state index is 0.0492. The molecule has 1 fully saturated rings. The Morgan fingerprint density at radius 1 is 1.36 bits per heavy atom. The van der Waals surface area contributed by atoms with Crippen LogP contribution in [-0.2, 0) is 0 Å². The summed E-state index contributed by atoms with van der Waals surface area (Å²) in [4.78, 5) is 0. The summed E-state index contributed by atoms with van der Waals surface area (Å²) in [6.07, 6.45) is 6.52. The second-order valence-corrected chi connectivity index (χ2v) is 3.98. The molecule has 2 heteroatoms. The molecular formula is C9H19NO. The van der Waals surface area contributed by atoms with Crippen LogP contribution in [0.3, 0.4) is 0 Å². The molecule has 0 aromatic carbocycles. The molecule has 1 atom stereocenters. The van der Waals surface area contributed by atoms with E-state index in [1.165, 1.54) is 19.3 Å². The molecule has 1 aliphatic rings. The summed E-state index contributed by atoms with van der Waals surface area (Å²) in [6.45, 7) is 1.82. The lowest BCUT2D eigenvalue weighted by Gasteiger charge is -2.34. The Morgan fingerprint density at radius 3 is 2.36 bits per heavy atom. The molecule has 0 radical (unpaired) electrons. The van der Waals surface area contributed by atoms with Gasteiger partial charge in [0, 0.05) is 5.54 Å². The van der Waals surface area contributed by atoms with Crippen molar-refractivity contribution in [2.24, 2.45) is 5.73 Å². The first-order valence-electron chi connectivity index (χ1n) is 4.59. The third-order valence-corrected chi connectivity index (χ3v) is 2.55. The summed E-state index contributed by atoms with van der Waals surface area (Å²) in [5, 5.41) is 9.19. The van der Waals surface area contributed by atoms with Crippen LogP contribution in [0.5, 0.6) is 0 Å². The Kier molecular flexibility index (Phi) is 2.90. The van der Waals surface area contributed by atoms with E-state index in [-0.39, 0.29) is 11.6 Å². The maximum atomic E-state index is 9.19. The Bertz CT molecular complexity index is 117. The molecule has 1 rings (SSSR count). The van der Waals surface area contributed by atoms with Crippen molar-refractivity contribution in [3.63, 3.8) is 0 Å². The van der Waals surface area contributed by atoms with Gasteiger partial charge in [0.2, 0.25) is 0 Å². The lowest BCUT2D eigenvalue weighted by molar-refractivity contribution is 0.130. The van der Waals surface area contributed by atoms with Gasteiger partial charge in [-0.05, 0) is 26.2 Å². The molecule has 0 bridgehead atoms. The highest BCUT2D eigenvalue weighted by Crippen LogP contribution is 2.29. The number of rotatable bonds is 2. The molecule has 0 amide bonds. The summed E-state index contributed by atoms with van der Waals surface area (Å²) in [5.41, 5.74) is 6.05. The summed E-state index contributed by atoms with van der Waals surface area (Å²) in [6, 6.07) is 0. The van der Waals surface area contributed by atoms with E-state index >= 15 is 0 Å². The highest BCUT2D eigenvalue weighted by molar-refractivity contribution is 4.88. The van der Waals surface area contributed by atoms with Crippen LogP contribution in [0.15, 0.2) is 0 Å². The van der Waals surface area contributed by atoms with Crippen molar-refractivity contribution in [1.29, 1.82) is 0 Å². The minimum atomic E-state index is -0.238. The Labute approximate surface area is 68.8 Å². The van der Waals surface area contributed by atoms with Crippen LogP contribution < -0.4 is 5.73 Å². The first-order chi connectivity index (χ1) is 5.12. The predicted octanol–water partition coefficient (Wildman–Crippen LogP) is 1.42. The van der Waals surface area contributed by atoms with Gasteiger partial charge in [-0.25, -0.2) is 0 Å². The second kappa shape index (κ2) is 3.55. The summed E-state index contributed by atoms with van der Waals surface area (Å²) in [5.74, 6) is 0. The Hall–Kier alpha value is -0.0800. The largest absolute Gasteiger partial charge is 0.393 e. The molecule has 2 nitrogen and oxygen atoms in total. The van der Waals surface area contributed by atoms with Crippen molar-refractivity contribution in [2.45, 2.75) is 57.1 Å². The van der Waals surface area contributed by atoms with Crippen LogP contribution in [0.1, 0.15) is 45.4 Å². The van der Waals surface area contributed by atoms with Crippen LogP contribution in [-0.4, -0.2) is 16.7 Å². The molecule has 1 saturated carbocycles. The molecule has 0 heterocycles. The lowest BCUT2D eigenvalue weighted by atomic mass is 9.79. The van der Waals surface area contributed by atoms with Crippen molar-refractivity contribution < 1.29 is 5.11 Å². The fourth-order valence-corrected chi connectivity index (χ4v) is 2.05. The predicted molar refractivity (Wildman–Crippen MR) is 46.3 cm³/mol. The molecule has 1 aliphatic carbocycles. The molecule has 0 aromatic heterocycles. The third kappa shape index (κ3) is 2.80. The minimum Gasteiger partial charge on any atom is -0.393 e. The molecule has 0 saturated heterocycles. The summed E-state index contributed by atoms with van der Waals surface area (Å²) < 4.78 is 0. The van der Waals surface area contributed by atoms with Gasteiger partial charge < -0.3 is 10.8 Å². The fourth-order valence-electron chi connectivity index (χ4n) is 2.05. The maximum Gasteiger partial charge on any atom is 0.0529 e. The van der Waals surface area contributed by atoms with Gasteiger partial charge in [0.15, 0.2) is 0 Å². The maximum absolute atomic E-state index is 9.19.